The van der Waals surface area contributed by atoms with Crippen LogP contribution in [0.15, 0.2) is 0 Å². The lowest BCUT2D eigenvalue weighted by Gasteiger charge is -2.30. The van der Waals surface area contributed by atoms with Crippen molar-refractivity contribution in [1.29, 1.82) is 0 Å². The van der Waals surface area contributed by atoms with E-state index in [1.165, 1.54) is 38.9 Å². The Hall–Kier alpha value is -0.0400. The van der Waals surface area contributed by atoms with Gasteiger partial charge in [0.05, 0.1) is 0 Å². The normalized spacial score (nSPS) is 23.6. The van der Waals surface area contributed by atoms with Gasteiger partial charge in [-0.1, -0.05) is 34.6 Å². The van der Waals surface area contributed by atoms with Gasteiger partial charge in [-0.25, -0.2) is 0 Å². The van der Waals surface area contributed by atoms with E-state index in [0.29, 0.717) is 0 Å². The minimum Gasteiger partial charge on any atom is -0.303 e. The highest BCUT2D eigenvalue weighted by Gasteiger charge is 2.22. The van der Waals surface area contributed by atoms with Crippen LogP contribution < -0.4 is 0 Å². The topological polar surface area (TPSA) is 3.24 Å². The summed E-state index contributed by atoms with van der Waals surface area (Å²) in [6.07, 6.45) is 4.23. The van der Waals surface area contributed by atoms with E-state index < -0.39 is 0 Å². The van der Waals surface area contributed by atoms with E-state index in [1.807, 2.05) is 0 Å². The second-order valence-electron chi connectivity index (χ2n) is 6.28. The number of hydrogen-bond donors (Lipinski definition) is 0. The van der Waals surface area contributed by atoms with E-state index in [0.717, 1.165) is 23.7 Å². The summed E-state index contributed by atoms with van der Waals surface area (Å²) in [6, 6.07) is 0. The standard InChI is InChI=1S/C15H31N/c1-12(2)14(4)15(5)13(3)8-11-16-9-6-7-10-16/h12-15H,6-11H2,1-5H3. The molecule has 0 N–H and O–H groups in total. The first-order chi connectivity index (χ1) is 7.52. The molecule has 1 heteroatoms. The molecular formula is C15H31N. The van der Waals surface area contributed by atoms with E-state index in [4.69, 9.17) is 0 Å². The predicted molar refractivity (Wildman–Crippen MR) is 72.6 cm³/mol. The third-order valence-corrected chi connectivity index (χ3v) is 4.88. The minimum absolute atomic E-state index is 0.823. The van der Waals surface area contributed by atoms with Crippen molar-refractivity contribution in [3.63, 3.8) is 0 Å². The predicted octanol–water partition coefficient (Wildman–Crippen LogP) is 4.04. The highest BCUT2D eigenvalue weighted by molar-refractivity contribution is 4.73. The maximum absolute atomic E-state index is 2.64. The van der Waals surface area contributed by atoms with Gasteiger partial charge < -0.3 is 4.90 Å². The van der Waals surface area contributed by atoms with E-state index in [9.17, 15) is 0 Å². The second kappa shape index (κ2) is 6.64. The van der Waals surface area contributed by atoms with Crippen molar-refractivity contribution in [2.24, 2.45) is 23.7 Å². The van der Waals surface area contributed by atoms with Crippen LogP contribution in [0.4, 0.5) is 0 Å². The number of nitrogens with zero attached hydrogens (tertiary/aromatic N) is 1. The molecule has 1 fully saturated rings. The van der Waals surface area contributed by atoms with Crippen LogP contribution >= 0.6 is 0 Å². The molecule has 0 radical (unpaired) electrons. The van der Waals surface area contributed by atoms with Crippen LogP contribution in [0.25, 0.3) is 0 Å². The summed E-state index contributed by atoms with van der Waals surface area (Å²) in [7, 11) is 0. The van der Waals surface area contributed by atoms with Crippen molar-refractivity contribution in [2.75, 3.05) is 19.6 Å². The van der Waals surface area contributed by atoms with Crippen molar-refractivity contribution < 1.29 is 0 Å². The molecule has 0 bridgehead atoms. The molecule has 3 atom stereocenters. The Kier molecular flexibility index (Phi) is 5.82. The van der Waals surface area contributed by atoms with Gasteiger partial charge in [-0.15, -0.1) is 0 Å². The molecule has 1 aliphatic heterocycles. The van der Waals surface area contributed by atoms with E-state index in [2.05, 4.69) is 39.5 Å². The maximum atomic E-state index is 2.64. The molecule has 0 aliphatic carbocycles. The molecule has 96 valence electrons. The number of rotatable bonds is 6. The molecule has 0 aromatic carbocycles. The van der Waals surface area contributed by atoms with Crippen molar-refractivity contribution >= 4 is 0 Å². The molecule has 1 heterocycles. The Labute approximate surface area is 103 Å². The molecule has 16 heavy (non-hydrogen) atoms. The molecule has 1 saturated heterocycles. The largest absolute Gasteiger partial charge is 0.303 e. The molecule has 0 saturated carbocycles. The molecule has 0 aromatic heterocycles. The molecule has 0 amide bonds. The summed E-state index contributed by atoms with van der Waals surface area (Å²) in [6.45, 7) is 16.0. The van der Waals surface area contributed by atoms with Crippen molar-refractivity contribution in [3.05, 3.63) is 0 Å². The first-order valence-electron chi connectivity index (χ1n) is 7.24. The zero-order chi connectivity index (χ0) is 12.1. The molecule has 3 unspecified atom stereocenters. The Morgan fingerprint density at radius 1 is 0.875 bits per heavy atom. The van der Waals surface area contributed by atoms with Gasteiger partial charge in [-0.2, -0.15) is 0 Å². The smallest absolute Gasteiger partial charge is 0.00161 e. The lowest BCUT2D eigenvalue weighted by molar-refractivity contribution is 0.195. The zero-order valence-corrected chi connectivity index (χ0v) is 12.0. The molecule has 0 aromatic rings. The highest BCUT2D eigenvalue weighted by atomic mass is 15.1. The van der Waals surface area contributed by atoms with E-state index in [1.54, 1.807) is 0 Å². The van der Waals surface area contributed by atoms with Crippen molar-refractivity contribution in [2.45, 2.75) is 53.9 Å². The zero-order valence-electron chi connectivity index (χ0n) is 12.0. The summed E-state index contributed by atoms with van der Waals surface area (Å²) < 4.78 is 0. The average molecular weight is 225 g/mol. The van der Waals surface area contributed by atoms with Gasteiger partial charge in [0.1, 0.15) is 0 Å². The van der Waals surface area contributed by atoms with Gasteiger partial charge in [0, 0.05) is 0 Å². The second-order valence-corrected chi connectivity index (χ2v) is 6.28. The minimum atomic E-state index is 0.823. The van der Waals surface area contributed by atoms with Crippen LogP contribution in [0.2, 0.25) is 0 Å². The molecule has 0 spiro atoms. The van der Waals surface area contributed by atoms with Gasteiger partial charge >= 0.3 is 0 Å². The van der Waals surface area contributed by atoms with Crippen molar-refractivity contribution in [3.8, 4) is 0 Å². The fraction of sp³-hybridized carbons (Fsp3) is 1.00. The van der Waals surface area contributed by atoms with Gasteiger partial charge in [-0.3, -0.25) is 0 Å². The Bertz CT molecular complexity index is 182. The fourth-order valence-corrected chi connectivity index (χ4v) is 2.78. The van der Waals surface area contributed by atoms with Crippen molar-refractivity contribution in [1.82, 2.24) is 4.90 Å². The molecule has 1 nitrogen and oxygen atoms in total. The van der Waals surface area contributed by atoms with E-state index >= 15 is 0 Å². The van der Waals surface area contributed by atoms with Gasteiger partial charge in [-0.05, 0) is 62.6 Å². The van der Waals surface area contributed by atoms with Gasteiger partial charge in [0.15, 0.2) is 0 Å². The average Bonchev–Trinajstić information content (AvgIpc) is 2.76. The maximum Gasteiger partial charge on any atom is -0.00161 e. The van der Waals surface area contributed by atoms with Crippen LogP contribution in [0.1, 0.15) is 53.9 Å². The van der Waals surface area contributed by atoms with Crippen LogP contribution in [0, 0.1) is 23.7 Å². The third kappa shape index (κ3) is 4.08. The molecule has 1 aliphatic rings. The molecular weight excluding hydrogens is 194 g/mol. The first-order valence-corrected chi connectivity index (χ1v) is 7.24. The fourth-order valence-electron chi connectivity index (χ4n) is 2.78. The lowest BCUT2D eigenvalue weighted by Crippen LogP contribution is -2.26. The summed E-state index contributed by atoms with van der Waals surface area (Å²) in [5.41, 5.74) is 0. The Morgan fingerprint density at radius 2 is 1.44 bits per heavy atom. The lowest BCUT2D eigenvalue weighted by atomic mass is 9.78. The molecule has 1 rings (SSSR count). The van der Waals surface area contributed by atoms with Crippen LogP contribution in [0.3, 0.4) is 0 Å². The highest BCUT2D eigenvalue weighted by Crippen LogP contribution is 2.28. The number of likely N-dealkylation sites (tertiary alicyclic amines) is 1. The summed E-state index contributed by atoms with van der Waals surface area (Å²) in [4.78, 5) is 2.64. The summed E-state index contributed by atoms with van der Waals surface area (Å²) in [5.74, 6) is 3.42. The van der Waals surface area contributed by atoms with Gasteiger partial charge in [0.2, 0.25) is 0 Å². The van der Waals surface area contributed by atoms with Crippen LogP contribution in [-0.4, -0.2) is 24.5 Å². The van der Waals surface area contributed by atoms with Gasteiger partial charge in [0.25, 0.3) is 0 Å². The van der Waals surface area contributed by atoms with Crippen LogP contribution in [-0.2, 0) is 0 Å². The Balaban J connectivity index is 2.24. The third-order valence-electron chi connectivity index (χ3n) is 4.88. The summed E-state index contributed by atoms with van der Waals surface area (Å²) in [5, 5.41) is 0. The monoisotopic (exact) mass is 225 g/mol. The number of hydrogen-bond acceptors (Lipinski definition) is 1. The summed E-state index contributed by atoms with van der Waals surface area (Å²) >= 11 is 0. The van der Waals surface area contributed by atoms with E-state index in [-0.39, 0.29) is 0 Å². The van der Waals surface area contributed by atoms with Crippen LogP contribution in [0.5, 0.6) is 0 Å². The SMILES string of the molecule is CC(C)C(C)C(C)C(C)CCN1CCCC1. The first kappa shape index (κ1) is 14.0. The Morgan fingerprint density at radius 3 is 1.94 bits per heavy atom. The quantitative estimate of drug-likeness (QED) is 0.659.